The number of allylic oxidation sites excluding steroid dienone is 2. The Hall–Kier alpha value is -4.02. The van der Waals surface area contributed by atoms with Gasteiger partial charge in [0.1, 0.15) is 17.2 Å². The molecule has 0 atom stereocenters. The van der Waals surface area contributed by atoms with Crippen LogP contribution in [0.1, 0.15) is 55.0 Å². The second-order valence-electron chi connectivity index (χ2n) is 11.0. The quantitative estimate of drug-likeness (QED) is 0.221. The highest BCUT2D eigenvalue weighted by Crippen LogP contribution is 2.56. The molecule has 2 aliphatic carbocycles. The molecule has 212 valence electrons. The van der Waals surface area contributed by atoms with Crippen LogP contribution in [-0.4, -0.2) is 34.8 Å². The van der Waals surface area contributed by atoms with Crippen molar-refractivity contribution in [3.05, 3.63) is 71.9 Å². The number of nitrogens with zero attached hydrogens (tertiary/aromatic N) is 4. The van der Waals surface area contributed by atoms with Crippen molar-refractivity contribution < 1.29 is 31.2 Å². The number of anilines is 1. The van der Waals surface area contributed by atoms with Crippen molar-refractivity contribution in [2.24, 2.45) is 5.41 Å². The lowest BCUT2D eigenvalue weighted by Gasteiger charge is -2.47. The minimum atomic E-state index is -4.61. The van der Waals surface area contributed by atoms with Crippen LogP contribution in [-0.2, 0) is 6.18 Å². The van der Waals surface area contributed by atoms with Crippen LogP contribution in [0.2, 0.25) is 0 Å². The number of hydrogen-bond acceptors (Lipinski definition) is 6. The summed E-state index contributed by atoms with van der Waals surface area (Å²) < 4.78 is 77.5. The number of alkyl halides is 5. The lowest BCUT2D eigenvalue weighted by Crippen LogP contribution is -2.42. The fraction of sp³-hybridized carbons (Fsp3) is 0.367. The minimum absolute atomic E-state index is 0.0641. The van der Waals surface area contributed by atoms with Gasteiger partial charge in [0.2, 0.25) is 0 Å². The molecule has 1 saturated carbocycles. The third kappa shape index (κ3) is 4.70. The van der Waals surface area contributed by atoms with Crippen LogP contribution in [0.15, 0.2) is 59.4 Å². The molecule has 4 heterocycles. The summed E-state index contributed by atoms with van der Waals surface area (Å²) in [6.45, 7) is -1.44. The maximum atomic E-state index is 13.8. The number of piperidine rings is 1. The van der Waals surface area contributed by atoms with E-state index in [1.165, 1.54) is 24.4 Å². The van der Waals surface area contributed by atoms with E-state index in [1.807, 2.05) is 12.1 Å². The molecule has 3 aliphatic rings. The van der Waals surface area contributed by atoms with Crippen molar-refractivity contribution in [1.82, 2.24) is 15.1 Å². The highest BCUT2D eigenvalue weighted by Gasteiger charge is 2.45. The Labute approximate surface area is 231 Å². The van der Waals surface area contributed by atoms with Gasteiger partial charge in [-0.05, 0) is 79.5 Å². The highest BCUT2D eigenvalue weighted by atomic mass is 19.4. The van der Waals surface area contributed by atoms with Crippen LogP contribution in [0.3, 0.4) is 0 Å². The average molecular weight is 569 g/mol. The monoisotopic (exact) mass is 568 g/mol. The average Bonchev–Trinajstić information content (AvgIpc) is 3.69. The molecule has 1 spiro atoms. The SMILES string of the molecule is FC(F)Oc1ccnc2ccc(N3CCC4(C=C(c5c(-c6cccnc6C(F)(F)F)noc5C5CC5)C4)CC3)cc12. The van der Waals surface area contributed by atoms with E-state index in [0.29, 0.717) is 22.2 Å². The zero-order valence-corrected chi connectivity index (χ0v) is 21.8. The summed E-state index contributed by atoms with van der Waals surface area (Å²) in [5.74, 6) is 0.935. The van der Waals surface area contributed by atoms with E-state index in [1.54, 1.807) is 6.07 Å². The first-order valence-corrected chi connectivity index (χ1v) is 13.5. The first kappa shape index (κ1) is 25.9. The Morgan fingerprint density at radius 2 is 1.80 bits per heavy atom. The number of aromatic nitrogens is 3. The molecule has 1 aromatic carbocycles. The standard InChI is InChI=1S/C30H25F5N4O2/c31-28(32)40-23-7-11-36-22-6-5-19(14-21(22)23)39-12-8-29(9-13-39)15-18(16-29)24-25(38-41-26(24)17-3-4-17)20-2-1-10-37-27(20)30(33,34)35/h1-2,5-7,10-11,14-15,17,28H,3-4,8-9,12-13,16H2. The molecule has 0 bridgehead atoms. The molecule has 1 saturated heterocycles. The smallest absolute Gasteiger partial charge is 0.434 e. The molecule has 3 aromatic heterocycles. The van der Waals surface area contributed by atoms with Crippen molar-refractivity contribution in [3.63, 3.8) is 0 Å². The molecular weight excluding hydrogens is 543 g/mol. The zero-order valence-electron chi connectivity index (χ0n) is 21.8. The van der Waals surface area contributed by atoms with Crippen molar-refractivity contribution in [2.75, 3.05) is 18.0 Å². The molecule has 11 heteroatoms. The molecule has 0 amide bonds. The molecule has 7 rings (SSSR count). The van der Waals surface area contributed by atoms with E-state index in [4.69, 9.17) is 9.26 Å². The summed E-state index contributed by atoms with van der Waals surface area (Å²) in [6, 6.07) is 9.88. The van der Waals surface area contributed by atoms with Gasteiger partial charge in [0, 0.05) is 53.6 Å². The van der Waals surface area contributed by atoms with Gasteiger partial charge in [-0.2, -0.15) is 22.0 Å². The van der Waals surface area contributed by atoms with Gasteiger partial charge in [-0.15, -0.1) is 0 Å². The summed E-state index contributed by atoms with van der Waals surface area (Å²) in [5, 5.41) is 4.66. The largest absolute Gasteiger partial charge is 0.434 e. The number of pyridine rings is 2. The molecule has 4 aromatic rings. The van der Waals surface area contributed by atoms with Crippen molar-refractivity contribution in [1.29, 1.82) is 0 Å². The van der Waals surface area contributed by atoms with Gasteiger partial charge >= 0.3 is 12.8 Å². The van der Waals surface area contributed by atoms with Crippen LogP contribution in [0.4, 0.5) is 27.6 Å². The van der Waals surface area contributed by atoms with E-state index >= 15 is 0 Å². The number of ether oxygens (including phenoxy) is 1. The van der Waals surface area contributed by atoms with Gasteiger partial charge in [0.25, 0.3) is 0 Å². The Balaban J connectivity index is 1.14. The Morgan fingerprint density at radius 3 is 2.51 bits per heavy atom. The molecule has 1 aliphatic heterocycles. The maximum Gasteiger partial charge on any atom is 0.434 e. The van der Waals surface area contributed by atoms with Gasteiger partial charge in [0.15, 0.2) is 5.69 Å². The van der Waals surface area contributed by atoms with Gasteiger partial charge in [-0.1, -0.05) is 11.2 Å². The first-order valence-electron chi connectivity index (χ1n) is 13.5. The van der Waals surface area contributed by atoms with Gasteiger partial charge in [-0.25, -0.2) is 0 Å². The first-order chi connectivity index (χ1) is 19.7. The molecule has 0 unspecified atom stereocenters. The minimum Gasteiger partial charge on any atom is -0.434 e. The van der Waals surface area contributed by atoms with E-state index in [0.717, 1.165) is 62.7 Å². The van der Waals surface area contributed by atoms with Gasteiger partial charge < -0.3 is 14.2 Å². The lowest BCUT2D eigenvalue weighted by atomic mass is 9.63. The normalized spacial score (nSPS) is 18.6. The Kier molecular flexibility index (Phi) is 6.02. The van der Waals surface area contributed by atoms with Crippen LogP contribution in [0, 0.1) is 5.41 Å². The number of rotatable bonds is 6. The van der Waals surface area contributed by atoms with Crippen LogP contribution in [0.5, 0.6) is 5.75 Å². The molecule has 0 N–H and O–H groups in total. The molecule has 6 nitrogen and oxygen atoms in total. The number of benzene rings is 1. The van der Waals surface area contributed by atoms with Gasteiger partial charge in [-0.3, -0.25) is 9.97 Å². The molecule has 0 radical (unpaired) electrons. The van der Waals surface area contributed by atoms with Crippen LogP contribution < -0.4 is 9.64 Å². The Morgan fingerprint density at radius 1 is 1.02 bits per heavy atom. The number of fused-ring (bicyclic) bond motifs is 1. The summed E-state index contributed by atoms with van der Waals surface area (Å²) >= 11 is 0. The molecular formula is C30H25F5N4O2. The second kappa shape index (κ2) is 9.53. The second-order valence-corrected chi connectivity index (χ2v) is 11.0. The topological polar surface area (TPSA) is 64.3 Å². The third-order valence-corrected chi connectivity index (χ3v) is 8.37. The zero-order chi connectivity index (χ0) is 28.4. The van der Waals surface area contributed by atoms with Crippen molar-refractivity contribution in [3.8, 4) is 17.0 Å². The van der Waals surface area contributed by atoms with E-state index in [-0.39, 0.29) is 28.3 Å². The summed E-state index contributed by atoms with van der Waals surface area (Å²) in [7, 11) is 0. The summed E-state index contributed by atoms with van der Waals surface area (Å²) in [4.78, 5) is 10.1. The van der Waals surface area contributed by atoms with Crippen molar-refractivity contribution >= 4 is 22.2 Å². The fourth-order valence-electron chi connectivity index (χ4n) is 6.16. The number of halogens is 5. The summed E-state index contributed by atoms with van der Waals surface area (Å²) in [6.07, 6.45) is 4.44. The maximum absolute atomic E-state index is 13.8. The highest BCUT2D eigenvalue weighted by molar-refractivity contribution is 5.88. The summed E-state index contributed by atoms with van der Waals surface area (Å²) in [5.41, 5.74) is 2.24. The van der Waals surface area contributed by atoms with E-state index in [9.17, 15) is 22.0 Å². The van der Waals surface area contributed by atoms with E-state index < -0.39 is 18.5 Å². The third-order valence-electron chi connectivity index (χ3n) is 8.37. The Bertz CT molecular complexity index is 1650. The van der Waals surface area contributed by atoms with E-state index in [2.05, 4.69) is 26.1 Å². The number of hydrogen-bond donors (Lipinski definition) is 0. The molecule has 2 fully saturated rings. The fourth-order valence-corrected chi connectivity index (χ4v) is 6.16. The predicted molar refractivity (Wildman–Crippen MR) is 142 cm³/mol. The lowest BCUT2D eigenvalue weighted by molar-refractivity contribution is -0.140. The van der Waals surface area contributed by atoms with Crippen LogP contribution >= 0.6 is 0 Å². The van der Waals surface area contributed by atoms with Gasteiger partial charge in [0.05, 0.1) is 5.52 Å². The van der Waals surface area contributed by atoms with Crippen molar-refractivity contribution in [2.45, 2.75) is 50.8 Å². The predicted octanol–water partition coefficient (Wildman–Crippen LogP) is 7.86. The molecule has 41 heavy (non-hydrogen) atoms. The van der Waals surface area contributed by atoms with Crippen LogP contribution in [0.25, 0.3) is 27.7 Å².